The molecular weight excluding hydrogens is 224 g/mol. The molecule has 1 atom stereocenters. The maximum Gasteiger partial charge on any atom is 0.120 e. The predicted octanol–water partition coefficient (Wildman–Crippen LogP) is 2.73. The van der Waals surface area contributed by atoms with Crippen LogP contribution in [0.15, 0.2) is 24.3 Å². The quantitative estimate of drug-likeness (QED) is 0.806. The summed E-state index contributed by atoms with van der Waals surface area (Å²) in [6.45, 7) is 4.31. The largest absolute Gasteiger partial charge is 0.508 e. The van der Waals surface area contributed by atoms with E-state index in [-0.39, 0.29) is 0 Å². The van der Waals surface area contributed by atoms with Crippen molar-refractivity contribution in [3.05, 3.63) is 29.8 Å². The van der Waals surface area contributed by atoms with Gasteiger partial charge in [-0.25, -0.2) is 0 Å². The normalized spacial score (nSPS) is 13.2. The van der Waals surface area contributed by atoms with E-state index in [0.717, 1.165) is 31.5 Å². The molecule has 1 unspecified atom stereocenters. The summed E-state index contributed by atoms with van der Waals surface area (Å²) < 4.78 is 0. The van der Waals surface area contributed by atoms with Crippen molar-refractivity contribution in [2.24, 2.45) is 0 Å². The lowest BCUT2D eigenvalue weighted by Crippen LogP contribution is -2.27. The highest BCUT2D eigenvalue weighted by molar-refractivity contribution is 5.34. The molecule has 102 valence electrons. The predicted molar refractivity (Wildman–Crippen MR) is 76.9 cm³/mol. The summed E-state index contributed by atoms with van der Waals surface area (Å²) in [6.07, 6.45) is 2.16. The first-order valence-electron chi connectivity index (χ1n) is 6.69. The van der Waals surface area contributed by atoms with Crippen LogP contribution in [-0.4, -0.2) is 49.1 Å². The van der Waals surface area contributed by atoms with Crippen LogP contribution in [0.1, 0.15) is 31.4 Å². The van der Waals surface area contributed by atoms with E-state index < -0.39 is 0 Å². The molecule has 1 aromatic carbocycles. The summed E-state index contributed by atoms with van der Waals surface area (Å²) in [5.74, 6) is 0.406. The lowest BCUT2D eigenvalue weighted by molar-refractivity contribution is 0.221. The number of aromatic hydroxyl groups is 1. The zero-order valence-electron chi connectivity index (χ0n) is 12.1. The Balaban J connectivity index is 2.63. The van der Waals surface area contributed by atoms with Gasteiger partial charge in [-0.2, -0.15) is 0 Å². The molecule has 3 heteroatoms. The summed E-state index contributed by atoms with van der Waals surface area (Å²) in [5.41, 5.74) is 1.03. The van der Waals surface area contributed by atoms with E-state index in [4.69, 9.17) is 0 Å². The molecule has 0 heterocycles. The molecule has 3 nitrogen and oxygen atoms in total. The van der Waals surface area contributed by atoms with Gasteiger partial charge in [-0.1, -0.05) is 25.1 Å². The SMILES string of the molecule is CCC(c1ccccc1O)N(C)CCCN(C)C. The van der Waals surface area contributed by atoms with Crippen LogP contribution in [0.3, 0.4) is 0 Å². The second-order valence-corrected chi connectivity index (χ2v) is 5.12. The number of phenolic OH excluding ortho intramolecular Hbond substituents is 1. The van der Waals surface area contributed by atoms with Gasteiger partial charge in [-0.05, 0) is 53.1 Å². The van der Waals surface area contributed by atoms with Crippen LogP contribution in [0.4, 0.5) is 0 Å². The number of rotatable bonds is 7. The third-order valence-corrected chi connectivity index (χ3v) is 3.33. The van der Waals surface area contributed by atoms with E-state index in [1.54, 1.807) is 6.07 Å². The molecule has 0 aliphatic rings. The van der Waals surface area contributed by atoms with E-state index in [2.05, 4.69) is 37.9 Å². The summed E-state index contributed by atoms with van der Waals surface area (Å²) in [6, 6.07) is 7.95. The number of benzene rings is 1. The Bertz CT molecular complexity index is 352. The van der Waals surface area contributed by atoms with Crippen LogP contribution in [0, 0.1) is 0 Å². The van der Waals surface area contributed by atoms with Crippen molar-refractivity contribution in [1.29, 1.82) is 0 Å². The maximum atomic E-state index is 9.94. The first-order chi connectivity index (χ1) is 8.56. The molecular formula is C15H26N2O. The Morgan fingerprint density at radius 3 is 2.33 bits per heavy atom. The van der Waals surface area contributed by atoms with Gasteiger partial charge in [0.2, 0.25) is 0 Å². The molecule has 0 aliphatic heterocycles. The minimum absolute atomic E-state index is 0.299. The molecule has 0 bridgehead atoms. The van der Waals surface area contributed by atoms with E-state index in [1.165, 1.54) is 0 Å². The van der Waals surface area contributed by atoms with Crippen molar-refractivity contribution < 1.29 is 5.11 Å². The highest BCUT2D eigenvalue weighted by Crippen LogP contribution is 2.29. The first kappa shape index (κ1) is 15.0. The lowest BCUT2D eigenvalue weighted by Gasteiger charge is -2.28. The van der Waals surface area contributed by atoms with Gasteiger partial charge in [-0.3, -0.25) is 4.90 Å². The van der Waals surface area contributed by atoms with E-state index in [0.29, 0.717) is 11.8 Å². The molecule has 0 spiro atoms. The zero-order chi connectivity index (χ0) is 13.5. The Kier molecular flexibility index (Phi) is 6.16. The van der Waals surface area contributed by atoms with Gasteiger partial charge < -0.3 is 10.0 Å². The lowest BCUT2D eigenvalue weighted by atomic mass is 10.0. The number of phenols is 1. The molecule has 0 radical (unpaired) electrons. The summed E-state index contributed by atoms with van der Waals surface area (Å²) in [7, 11) is 6.33. The third-order valence-electron chi connectivity index (χ3n) is 3.33. The van der Waals surface area contributed by atoms with Crippen molar-refractivity contribution in [2.75, 3.05) is 34.2 Å². The Morgan fingerprint density at radius 1 is 1.11 bits per heavy atom. The minimum atomic E-state index is 0.299. The topological polar surface area (TPSA) is 26.7 Å². The minimum Gasteiger partial charge on any atom is -0.508 e. The average molecular weight is 250 g/mol. The molecule has 0 saturated heterocycles. The number of hydrogen-bond acceptors (Lipinski definition) is 3. The zero-order valence-corrected chi connectivity index (χ0v) is 12.1. The van der Waals surface area contributed by atoms with E-state index >= 15 is 0 Å². The highest BCUT2D eigenvalue weighted by Gasteiger charge is 2.17. The van der Waals surface area contributed by atoms with Crippen LogP contribution >= 0.6 is 0 Å². The van der Waals surface area contributed by atoms with Crippen molar-refractivity contribution >= 4 is 0 Å². The second kappa shape index (κ2) is 7.39. The smallest absolute Gasteiger partial charge is 0.120 e. The third kappa shape index (κ3) is 4.31. The number of hydrogen-bond donors (Lipinski definition) is 1. The van der Waals surface area contributed by atoms with Gasteiger partial charge in [0, 0.05) is 11.6 Å². The highest BCUT2D eigenvalue weighted by atomic mass is 16.3. The molecule has 1 N–H and O–H groups in total. The second-order valence-electron chi connectivity index (χ2n) is 5.12. The molecule has 0 fully saturated rings. The van der Waals surface area contributed by atoms with Crippen molar-refractivity contribution in [2.45, 2.75) is 25.8 Å². The van der Waals surface area contributed by atoms with Crippen molar-refractivity contribution in [1.82, 2.24) is 9.80 Å². The summed E-state index contributed by atoms with van der Waals surface area (Å²) >= 11 is 0. The fourth-order valence-electron chi connectivity index (χ4n) is 2.33. The van der Waals surface area contributed by atoms with Crippen LogP contribution in [0.2, 0.25) is 0 Å². The van der Waals surface area contributed by atoms with Crippen LogP contribution < -0.4 is 0 Å². The van der Waals surface area contributed by atoms with E-state index in [9.17, 15) is 5.11 Å². The van der Waals surface area contributed by atoms with Gasteiger partial charge in [0.05, 0.1) is 0 Å². The van der Waals surface area contributed by atoms with Crippen LogP contribution in [0.5, 0.6) is 5.75 Å². The molecule has 0 saturated carbocycles. The van der Waals surface area contributed by atoms with Gasteiger partial charge in [0.25, 0.3) is 0 Å². The Morgan fingerprint density at radius 2 is 1.78 bits per heavy atom. The Hall–Kier alpha value is -1.06. The monoisotopic (exact) mass is 250 g/mol. The summed E-state index contributed by atoms with van der Waals surface area (Å²) in [4.78, 5) is 4.54. The molecule has 0 aromatic heterocycles. The van der Waals surface area contributed by atoms with Gasteiger partial charge in [0.15, 0.2) is 0 Å². The standard InChI is InChI=1S/C15H26N2O/c1-5-14(13-9-6-7-10-15(13)18)17(4)12-8-11-16(2)3/h6-7,9-10,14,18H,5,8,11-12H2,1-4H3. The first-order valence-corrected chi connectivity index (χ1v) is 6.69. The maximum absolute atomic E-state index is 9.94. The van der Waals surface area contributed by atoms with Gasteiger partial charge >= 0.3 is 0 Å². The van der Waals surface area contributed by atoms with Crippen LogP contribution in [0.25, 0.3) is 0 Å². The fourth-order valence-corrected chi connectivity index (χ4v) is 2.33. The fraction of sp³-hybridized carbons (Fsp3) is 0.600. The average Bonchev–Trinajstić information content (AvgIpc) is 2.32. The van der Waals surface area contributed by atoms with Crippen LogP contribution in [-0.2, 0) is 0 Å². The molecule has 18 heavy (non-hydrogen) atoms. The number of para-hydroxylation sites is 1. The molecule has 0 aliphatic carbocycles. The molecule has 0 amide bonds. The van der Waals surface area contributed by atoms with Gasteiger partial charge in [0.1, 0.15) is 5.75 Å². The Labute approximate surface area is 111 Å². The molecule has 1 aromatic rings. The van der Waals surface area contributed by atoms with Gasteiger partial charge in [-0.15, -0.1) is 0 Å². The summed E-state index contributed by atoms with van der Waals surface area (Å²) in [5, 5.41) is 9.94. The van der Waals surface area contributed by atoms with E-state index in [1.807, 2.05) is 18.2 Å². The van der Waals surface area contributed by atoms with Crippen molar-refractivity contribution in [3.63, 3.8) is 0 Å². The van der Waals surface area contributed by atoms with Crippen molar-refractivity contribution in [3.8, 4) is 5.75 Å². The number of nitrogens with zero attached hydrogens (tertiary/aromatic N) is 2. The molecule has 1 rings (SSSR count).